The summed E-state index contributed by atoms with van der Waals surface area (Å²) in [6.45, 7) is 5.21. The monoisotopic (exact) mass is 333 g/mol. The minimum Gasteiger partial charge on any atom is -0.492 e. The molecule has 0 radical (unpaired) electrons. The van der Waals surface area contributed by atoms with Crippen LogP contribution in [0.4, 0.5) is 5.82 Å². The van der Waals surface area contributed by atoms with Gasteiger partial charge in [-0.15, -0.1) is 0 Å². The van der Waals surface area contributed by atoms with Crippen molar-refractivity contribution >= 4 is 22.4 Å². The molecule has 1 N–H and O–H groups in total. The summed E-state index contributed by atoms with van der Waals surface area (Å²) < 4.78 is 7.60. The highest BCUT2D eigenvalue weighted by Gasteiger charge is 2.10. The molecule has 0 saturated heterocycles. The average Bonchev–Trinajstić information content (AvgIpc) is 3.09. The first-order valence-electron chi connectivity index (χ1n) is 8.25. The van der Waals surface area contributed by atoms with Crippen molar-refractivity contribution in [3.8, 4) is 5.75 Å². The molecule has 0 unspecified atom stereocenters. The zero-order chi connectivity index (χ0) is 17.2. The van der Waals surface area contributed by atoms with E-state index in [-0.39, 0.29) is 0 Å². The first-order chi connectivity index (χ1) is 12.2. The maximum absolute atomic E-state index is 5.88. The van der Waals surface area contributed by atoms with Crippen molar-refractivity contribution in [2.45, 2.75) is 13.8 Å². The van der Waals surface area contributed by atoms with Gasteiger partial charge in [-0.1, -0.05) is 30.3 Å². The fourth-order valence-electron chi connectivity index (χ4n) is 2.84. The van der Waals surface area contributed by atoms with Gasteiger partial charge in [-0.05, 0) is 36.8 Å². The SMILES string of the molecule is Cc1nc2ncnn2c(NCCOc2ccc3ccccc3c2)c1C. The molecule has 4 aromatic rings. The molecule has 4 rings (SSSR count). The summed E-state index contributed by atoms with van der Waals surface area (Å²) in [6.07, 6.45) is 1.51. The molecule has 0 aliphatic rings. The van der Waals surface area contributed by atoms with E-state index >= 15 is 0 Å². The molecule has 0 bridgehead atoms. The van der Waals surface area contributed by atoms with Gasteiger partial charge in [0, 0.05) is 11.3 Å². The summed E-state index contributed by atoms with van der Waals surface area (Å²) in [7, 11) is 0. The van der Waals surface area contributed by atoms with Crippen LogP contribution in [-0.4, -0.2) is 32.7 Å². The van der Waals surface area contributed by atoms with E-state index in [1.807, 2.05) is 32.0 Å². The van der Waals surface area contributed by atoms with Gasteiger partial charge < -0.3 is 10.1 Å². The lowest BCUT2D eigenvalue weighted by atomic mass is 10.1. The summed E-state index contributed by atoms with van der Waals surface area (Å²) in [5.74, 6) is 2.37. The average molecular weight is 333 g/mol. The van der Waals surface area contributed by atoms with Crippen LogP contribution in [0.5, 0.6) is 5.75 Å². The van der Waals surface area contributed by atoms with E-state index in [0.29, 0.717) is 18.9 Å². The van der Waals surface area contributed by atoms with Gasteiger partial charge in [-0.2, -0.15) is 14.6 Å². The van der Waals surface area contributed by atoms with E-state index in [2.05, 4.69) is 44.6 Å². The Morgan fingerprint density at radius 1 is 1.08 bits per heavy atom. The number of nitrogens with one attached hydrogen (secondary N) is 1. The highest BCUT2D eigenvalue weighted by Crippen LogP contribution is 2.21. The second-order valence-electron chi connectivity index (χ2n) is 5.93. The summed E-state index contributed by atoms with van der Waals surface area (Å²) in [4.78, 5) is 8.57. The van der Waals surface area contributed by atoms with Crippen LogP contribution in [-0.2, 0) is 0 Å². The molecule has 126 valence electrons. The quantitative estimate of drug-likeness (QED) is 0.567. The normalized spacial score (nSPS) is 11.1. The lowest BCUT2D eigenvalue weighted by Gasteiger charge is -2.13. The van der Waals surface area contributed by atoms with Gasteiger partial charge in [0.2, 0.25) is 0 Å². The Morgan fingerprint density at radius 2 is 1.92 bits per heavy atom. The predicted molar refractivity (Wildman–Crippen MR) is 98.2 cm³/mol. The van der Waals surface area contributed by atoms with Gasteiger partial charge in [0.1, 0.15) is 24.5 Å². The standard InChI is InChI=1S/C19H19N5O/c1-13-14(2)23-19-21-12-22-24(19)18(13)20-9-10-25-17-8-7-15-5-3-4-6-16(15)11-17/h3-8,11-12,20H,9-10H2,1-2H3. The topological polar surface area (TPSA) is 64.3 Å². The highest BCUT2D eigenvalue weighted by molar-refractivity contribution is 5.83. The van der Waals surface area contributed by atoms with Crippen molar-refractivity contribution in [3.63, 3.8) is 0 Å². The van der Waals surface area contributed by atoms with Gasteiger partial charge in [0.05, 0.1) is 6.54 Å². The number of aryl methyl sites for hydroxylation is 1. The Kier molecular flexibility index (Phi) is 3.93. The third kappa shape index (κ3) is 2.98. The van der Waals surface area contributed by atoms with Gasteiger partial charge in [0.25, 0.3) is 5.78 Å². The fourth-order valence-corrected chi connectivity index (χ4v) is 2.84. The molecule has 2 aromatic carbocycles. The van der Waals surface area contributed by atoms with Crippen LogP contribution in [0.1, 0.15) is 11.3 Å². The first-order valence-corrected chi connectivity index (χ1v) is 8.25. The second kappa shape index (κ2) is 6.39. The number of nitrogens with zero attached hydrogens (tertiary/aromatic N) is 4. The van der Waals surface area contributed by atoms with Crippen LogP contribution >= 0.6 is 0 Å². The predicted octanol–water partition coefficient (Wildman–Crippen LogP) is 3.39. The van der Waals surface area contributed by atoms with E-state index < -0.39 is 0 Å². The number of fused-ring (bicyclic) bond motifs is 2. The number of benzene rings is 2. The molecule has 0 amide bonds. The van der Waals surface area contributed by atoms with Crippen molar-refractivity contribution in [2.75, 3.05) is 18.5 Å². The Labute approximate surface area is 145 Å². The molecule has 0 saturated carbocycles. The molecule has 6 heteroatoms. The van der Waals surface area contributed by atoms with Crippen molar-refractivity contribution in [1.29, 1.82) is 0 Å². The molecule has 0 spiro atoms. The Bertz CT molecular complexity index is 1040. The van der Waals surface area contributed by atoms with Gasteiger partial charge in [0.15, 0.2) is 0 Å². The van der Waals surface area contributed by atoms with Crippen molar-refractivity contribution < 1.29 is 4.74 Å². The van der Waals surface area contributed by atoms with Crippen LogP contribution in [0.15, 0.2) is 48.8 Å². The van der Waals surface area contributed by atoms with E-state index in [4.69, 9.17) is 4.74 Å². The van der Waals surface area contributed by atoms with Crippen molar-refractivity contribution in [2.24, 2.45) is 0 Å². The molecular formula is C19H19N5O. The minimum atomic E-state index is 0.551. The number of hydrogen-bond acceptors (Lipinski definition) is 5. The number of ether oxygens (including phenoxy) is 1. The van der Waals surface area contributed by atoms with Crippen molar-refractivity contribution in [3.05, 3.63) is 60.0 Å². The molecule has 0 atom stereocenters. The first kappa shape index (κ1) is 15.4. The number of anilines is 1. The lowest BCUT2D eigenvalue weighted by molar-refractivity contribution is 0.333. The van der Waals surface area contributed by atoms with Crippen molar-refractivity contribution in [1.82, 2.24) is 19.6 Å². The summed E-state index contributed by atoms with van der Waals surface area (Å²) in [5, 5.41) is 10.0. The zero-order valence-electron chi connectivity index (χ0n) is 14.2. The lowest BCUT2D eigenvalue weighted by Crippen LogP contribution is -2.16. The van der Waals surface area contributed by atoms with E-state index in [1.54, 1.807) is 4.52 Å². The van der Waals surface area contributed by atoms with Gasteiger partial charge in [-0.3, -0.25) is 0 Å². The van der Waals surface area contributed by atoms with Gasteiger partial charge >= 0.3 is 0 Å². The van der Waals surface area contributed by atoms with Gasteiger partial charge in [-0.25, -0.2) is 4.98 Å². The molecule has 0 aliphatic carbocycles. The molecule has 25 heavy (non-hydrogen) atoms. The largest absolute Gasteiger partial charge is 0.492 e. The van der Waals surface area contributed by atoms with Crippen LogP contribution in [0.25, 0.3) is 16.6 Å². The summed E-state index contributed by atoms with van der Waals surface area (Å²) >= 11 is 0. The zero-order valence-corrected chi connectivity index (χ0v) is 14.2. The second-order valence-corrected chi connectivity index (χ2v) is 5.93. The summed E-state index contributed by atoms with van der Waals surface area (Å²) in [5.41, 5.74) is 2.00. The Morgan fingerprint density at radius 3 is 2.80 bits per heavy atom. The number of rotatable bonds is 5. The fraction of sp³-hybridized carbons (Fsp3) is 0.211. The Balaban J connectivity index is 1.44. The molecule has 0 aliphatic heterocycles. The van der Waals surface area contributed by atoms with E-state index in [0.717, 1.165) is 22.8 Å². The number of hydrogen-bond donors (Lipinski definition) is 1. The summed E-state index contributed by atoms with van der Waals surface area (Å²) in [6, 6.07) is 14.4. The molecule has 2 heterocycles. The van der Waals surface area contributed by atoms with Crippen LogP contribution in [0, 0.1) is 13.8 Å². The van der Waals surface area contributed by atoms with Crippen LogP contribution in [0.3, 0.4) is 0 Å². The third-order valence-electron chi connectivity index (χ3n) is 4.29. The highest BCUT2D eigenvalue weighted by atomic mass is 16.5. The Hall–Kier alpha value is -3.15. The minimum absolute atomic E-state index is 0.551. The van der Waals surface area contributed by atoms with E-state index in [9.17, 15) is 0 Å². The van der Waals surface area contributed by atoms with Crippen LogP contribution < -0.4 is 10.1 Å². The molecular weight excluding hydrogens is 314 g/mol. The maximum Gasteiger partial charge on any atom is 0.254 e. The molecule has 6 nitrogen and oxygen atoms in total. The number of aromatic nitrogens is 4. The van der Waals surface area contributed by atoms with E-state index in [1.165, 1.54) is 17.1 Å². The molecule has 0 fully saturated rings. The third-order valence-corrected chi connectivity index (χ3v) is 4.29. The smallest absolute Gasteiger partial charge is 0.254 e. The van der Waals surface area contributed by atoms with Crippen LogP contribution in [0.2, 0.25) is 0 Å². The molecule has 2 aromatic heterocycles. The maximum atomic E-state index is 5.88.